The molecule has 7 heteroatoms. The van der Waals surface area contributed by atoms with Crippen LogP contribution in [0.5, 0.6) is 0 Å². The molecule has 0 heterocycles. The van der Waals surface area contributed by atoms with Crippen LogP contribution in [0.25, 0.3) is 0 Å². The zero-order valence-electron chi connectivity index (χ0n) is 10.9. The van der Waals surface area contributed by atoms with Crippen LogP contribution in [0.2, 0.25) is 0 Å². The van der Waals surface area contributed by atoms with Crippen molar-refractivity contribution in [2.45, 2.75) is 32.9 Å². The molecule has 0 saturated carbocycles. The molecule has 0 aromatic heterocycles. The van der Waals surface area contributed by atoms with Gasteiger partial charge in [-0.1, -0.05) is 0 Å². The minimum atomic E-state index is -4.14. The lowest BCUT2D eigenvalue weighted by molar-refractivity contribution is -0.132. The van der Waals surface area contributed by atoms with Crippen molar-refractivity contribution in [3.8, 4) is 0 Å². The van der Waals surface area contributed by atoms with Gasteiger partial charge in [-0.2, -0.15) is 13.2 Å². The summed E-state index contributed by atoms with van der Waals surface area (Å²) >= 11 is 0. The Bertz CT molecular complexity index is 232. The highest BCUT2D eigenvalue weighted by atomic mass is 19.4. The molecule has 0 unspecified atom stereocenters. The number of nitrogens with zero attached hydrogens (tertiary/aromatic N) is 1. The highest BCUT2D eigenvalue weighted by Gasteiger charge is 2.26. The third-order valence-corrected chi connectivity index (χ3v) is 1.97. The summed E-state index contributed by atoms with van der Waals surface area (Å²) in [5.74, 6) is 0.415. The van der Waals surface area contributed by atoms with E-state index in [1.807, 2.05) is 13.8 Å². The van der Waals surface area contributed by atoms with E-state index in [0.29, 0.717) is 32.3 Å². The van der Waals surface area contributed by atoms with Crippen LogP contribution in [0.4, 0.5) is 13.2 Å². The summed E-state index contributed by atoms with van der Waals surface area (Å²) in [4.78, 5) is 4.15. The largest absolute Gasteiger partial charge is 0.390 e. The predicted molar refractivity (Wildman–Crippen MR) is 65.8 cm³/mol. The first-order chi connectivity index (χ1) is 8.49. The van der Waals surface area contributed by atoms with E-state index in [9.17, 15) is 13.2 Å². The van der Waals surface area contributed by atoms with E-state index in [-0.39, 0.29) is 6.54 Å². The van der Waals surface area contributed by atoms with E-state index in [0.717, 1.165) is 6.42 Å². The highest BCUT2D eigenvalue weighted by molar-refractivity contribution is 5.79. The summed E-state index contributed by atoms with van der Waals surface area (Å²) in [6.45, 7) is 6.02. The summed E-state index contributed by atoms with van der Waals surface area (Å²) in [6.07, 6.45) is -4.25. The molecule has 0 radical (unpaired) electrons. The van der Waals surface area contributed by atoms with Crippen LogP contribution in [0.15, 0.2) is 4.99 Å². The van der Waals surface area contributed by atoms with Gasteiger partial charge < -0.3 is 15.4 Å². The maximum atomic E-state index is 12.0. The number of aliphatic imine (C=N–C) groups is 1. The van der Waals surface area contributed by atoms with Crippen LogP contribution in [0.1, 0.15) is 26.7 Å². The molecule has 0 amide bonds. The Morgan fingerprint density at radius 2 is 1.94 bits per heavy atom. The summed E-state index contributed by atoms with van der Waals surface area (Å²) in [7, 11) is 0. The molecule has 0 aliphatic heterocycles. The molecular formula is C11H22F3N3O. The number of alkyl halides is 3. The van der Waals surface area contributed by atoms with E-state index < -0.39 is 12.6 Å². The molecule has 0 bridgehead atoms. The van der Waals surface area contributed by atoms with Gasteiger partial charge in [0.2, 0.25) is 0 Å². The Morgan fingerprint density at radius 3 is 2.50 bits per heavy atom. The van der Waals surface area contributed by atoms with Crippen LogP contribution < -0.4 is 10.6 Å². The number of hydrogen-bond donors (Lipinski definition) is 2. The van der Waals surface area contributed by atoms with Gasteiger partial charge in [-0.15, -0.1) is 0 Å². The second-order valence-electron chi connectivity index (χ2n) is 3.60. The van der Waals surface area contributed by atoms with Crippen LogP contribution in [-0.2, 0) is 4.74 Å². The third-order valence-electron chi connectivity index (χ3n) is 1.97. The topological polar surface area (TPSA) is 45.7 Å². The molecule has 0 fully saturated rings. The number of halogens is 3. The zero-order valence-corrected chi connectivity index (χ0v) is 10.9. The molecule has 0 aliphatic rings. The van der Waals surface area contributed by atoms with E-state index in [1.54, 1.807) is 0 Å². The van der Waals surface area contributed by atoms with Crippen LogP contribution in [0, 0.1) is 0 Å². The summed E-state index contributed by atoms with van der Waals surface area (Å²) in [5, 5.41) is 5.54. The van der Waals surface area contributed by atoms with Gasteiger partial charge in [-0.3, -0.25) is 4.99 Å². The number of nitrogens with one attached hydrogen (secondary N) is 2. The first-order valence-corrected chi connectivity index (χ1v) is 6.16. The Morgan fingerprint density at radius 1 is 1.22 bits per heavy atom. The lowest BCUT2D eigenvalue weighted by Gasteiger charge is -2.12. The van der Waals surface area contributed by atoms with Gasteiger partial charge in [0, 0.05) is 32.8 Å². The van der Waals surface area contributed by atoms with Crippen molar-refractivity contribution in [1.82, 2.24) is 10.6 Å². The molecule has 4 nitrogen and oxygen atoms in total. The molecule has 0 spiro atoms. The van der Waals surface area contributed by atoms with Crippen LogP contribution in [-0.4, -0.2) is 45.0 Å². The van der Waals surface area contributed by atoms with Crippen molar-refractivity contribution in [2.75, 3.05) is 32.8 Å². The van der Waals surface area contributed by atoms with E-state index in [1.165, 1.54) is 0 Å². The fourth-order valence-corrected chi connectivity index (χ4v) is 1.17. The lowest BCUT2D eigenvalue weighted by atomic mass is 10.4. The van der Waals surface area contributed by atoms with Gasteiger partial charge in [-0.25, -0.2) is 0 Å². The van der Waals surface area contributed by atoms with Crippen LogP contribution >= 0.6 is 0 Å². The van der Waals surface area contributed by atoms with Crippen molar-refractivity contribution >= 4 is 5.96 Å². The normalized spacial score (nSPS) is 12.6. The van der Waals surface area contributed by atoms with E-state index in [4.69, 9.17) is 4.74 Å². The fraction of sp³-hybridized carbons (Fsp3) is 0.909. The summed E-state index contributed by atoms with van der Waals surface area (Å²) in [5.41, 5.74) is 0. The van der Waals surface area contributed by atoms with Crippen molar-refractivity contribution in [2.24, 2.45) is 4.99 Å². The fourth-order valence-electron chi connectivity index (χ4n) is 1.17. The Labute approximate surface area is 106 Å². The van der Waals surface area contributed by atoms with E-state index in [2.05, 4.69) is 15.6 Å². The quantitative estimate of drug-likeness (QED) is 0.402. The zero-order chi connectivity index (χ0) is 13.9. The van der Waals surface area contributed by atoms with Crippen molar-refractivity contribution in [3.63, 3.8) is 0 Å². The van der Waals surface area contributed by atoms with Gasteiger partial charge in [0.25, 0.3) is 0 Å². The molecule has 0 aliphatic carbocycles. The first-order valence-electron chi connectivity index (χ1n) is 6.16. The minimum Gasteiger partial charge on any atom is -0.382 e. The molecule has 0 aromatic rings. The maximum Gasteiger partial charge on any atom is 0.390 e. The molecule has 0 saturated heterocycles. The molecule has 18 heavy (non-hydrogen) atoms. The smallest absolute Gasteiger partial charge is 0.382 e. The first kappa shape index (κ1) is 17.0. The maximum absolute atomic E-state index is 12.0. The van der Waals surface area contributed by atoms with Gasteiger partial charge in [0.05, 0.1) is 6.42 Å². The highest BCUT2D eigenvalue weighted by Crippen LogP contribution is 2.17. The molecule has 108 valence electrons. The average Bonchev–Trinajstić information content (AvgIpc) is 2.27. The SMILES string of the molecule is CCNC(=NCCCOCC)NCCC(F)(F)F. The molecule has 0 aromatic carbocycles. The summed E-state index contributed by atoms with van der Waals surface area (Å²) < 4.78 is 41.0. The second-order valence-corrected chi connectivity index (χ2v) is 3.60. The standard InChI is InChI=1S/C11H22F3N3O/c1-3-15-10(16-7-5-9-18-4-2)17-8-6-11(12,13)14/h3-9H2,1-2H3,(H2,15,16,17). The minimum absolute atomic E-state index is 0.166. The van der Waals surface area contributed by atoms with Gasteiger partial charge in [0.15, 0.2) is 5.96 Å². The number of ether oxygens (including phenoxy) is 1. The number of guanidine groups is 1. The Kier molecular flexibility index (Phi) is 9.45. The summed E-state index contributed by atoms with van der Waals surface area (Å²) in [6, 6.07) is 0. The predicted octanol–water partition coefficient (Wildman–Crippen LogP) is 1.92. The molecular weight excluding hydrogens is 247 g/mol. The second kappa shape index (κ2) is 9.99. The molecule has 0 atom stereocenters. The van der Waals surface area contributed by atoms with Gasteiger partial charge in [0.1, 0.15) is 0 Å². The van der Waals surface area contributed by atoms with Gasteiger partial charge >= 0.3 is 6.18 Å². The average molecular weight is 269 g/mol. The van der Waals surface area contributed by atoms with Crippen molar-refractivity contribution in [1.29, 1.82) is 0 Å². The number of hydrogen-bond acceptors (Lipinski definition) is 2. The Balaban J connectivity index is 3.86. The van der Waals surface area contributed by atoms with Crippen LogP contribution in [0.3, 0.4) is 0 Å². The molecule has 0 rings (SSSR count). The number of rotatable bonds is 8. The van der Waals surface area contributed by atoms with Gasteiger partial charge in [-0.05, 0) is 20.3 Å². The van der Waals surface area contributed by atoms with Crippen molar-refractivity contribution in [3.05, 3.63) is 0 Å². The lowest BCUT2D eigenvalue weighted by Crippen LogP contribution is -2.39. The monoisotopic (exact) mass is 269 g/mol. The Hall–Kier alpha value is -0.980. The van der Waals surface area contributed by atoms with E-state index >= 15 is 0 Å². The molecule has 2 N–H and O–H groups in total. The third kappa shape index (κ3) is 11.5. The van der Waals surface area contributed by atoms with Crippen molar-refractivity contribution < 1.29 is 17.9 Å².